The molecular weight excluding hydrogens is 648 g/mol. The van der Waals surface area contributed by atoms with Gasteiger partial charge in [-0.05, 0) is 52.4 Å². The van der Waals surface area contributed by atoms with Crippen LogP contribution in [-0.2, 0) is 47.7 Å². The molecule has 4 fully saturated rings. The van der Waals surface area contributed by atoms with Gasteiger partial charge in [-0.2, -0.15) is 0 Å². The van der Waals surface area contributed by atoms with E-state index in [0.29, 0.717) is 11.1 Å². The third-order valence-electron chi connectivity index (χ3n) is 11.5. The van der Waals surface area contributed by atoms with Gasteiger partial charge in [0.15, 0.2) is 22.8 Å². The van der Waals surface area contributed by atoms with Crippen molar-refractivity contribution in [2.24, 2.45) is 11.8 Å². The summed E-state index contributed by atoms with van der Waals surface area (Å²) in [5, 5.41) is 22.3. The maximum absolute atomic E-state index is 14.7. The van der Waals surface area contributed by atoms with Gasteiger partial charge in [-0.25, -0.2) is 9.59 Å². The van der Waals surface area contributed by atoms with Gasteiger partial charge in [0, 0.05) is 51.4 Å². The van der Waals surface area contributed by atoms with Gasteiger partial charge in [0.2, 0.25) is 0 Å². The Hall–Kier alpha value is -3.58. The molecule has 6 aliphatic heterocycles. The molecule has 6 heterocycles. The van der Waals surface area contributed by atoms with E-state index < -0.39 is 107 Å². The molecule has 12 heteroatoms. The van der Waals surface area contributed by atoms with E-state index in [1.807, 2.05) is 0 Å². The summed E-state index contributed by atoms with van der Waals surface area (Å²) in [6.07, 6.45) is -3.69. The van der Waals surface area contributed by atoms with Gasteiger partial charge in [0.05, 0.1) is 22.3 Å². The third-order valence-corrected chi connectivity index (χ3v) is 11.5. The number of ketones is 4. The molecule has 12 nitrogen and oxygen atoms in total. The summed E-state index contributed by atoms with van der Waals surface area (Å²) in [5.41, 5.74) is -6.08. The minimum Gasteiger partial charge on any atom is -0.456 e. The number of fused-ring (bicyclic) bond motifs is 9. The van der Waals surface area contributed by atoms with Crippen LogP contribution in [0.5, 0.6) is 0 Å². The number of rotatable bonds is 3. The average Bonchev–Trinajstić information content (AvgIpc) is 3.61. The second kappa shape index (κ2) is 12.6. The van der Waals surface area contributed by atoms with Crippen LogP contribution < -0.4 is 0 Å². The number of esters is 2. The Morgan fingerprint density at radius 2 is 1.02 bits per heavy atom. The van der Waals surface area contributed by atoms with E-state index in [-0.39, 0.29) is 62.5 Å². The first kappa shape index (κ1) is 36.2. The molecule has 6 aliphatic rings. The summed E-state index contributed by atoms with van der Waals surface area (Å²) in [6, 6.07) is 0. The zero-order chi connectivity index (χ0) is 36.6. The quantitative estimate of drug-likeness (QED) is 0.326. The monoisotopic (exact) mass is 694 g/mol. The van der Waals surface area contributed by atoms with Crippen molar-refractivity contribution in [3.63, 3.8) is 0 Å². The Balaban J connectivity index is 1.49. The lowest BCUT2D eigenvalue weighted by Gasteiger charge is -2.45. The van der Waals surface area contributed by atoms with Crippen molar-refractivity contribution < 1.29 is 57.9 Å². The topological polar surface area (TPSA) is 180 Å². The van der Waals surface area contributed by atoms with E-state index in [1.165, 1.54) is 0 Å². The predicted octanol–water partition coefficient (Wildman–Crippen LogP) is 3.06. The van der Waals surface area contributed by atoms with Gasteiger partial charge >= 0.3 is 11.9 Å². The number of Topliss-reactive ketones (excluding diaryl/α,β-unsaturated/α-hetero) is 4. The SMILES string of the molecule is C=C(C)C1CC=C2C(=O)OC(CC3(C)CC(=O)C(C45CC(=O)CC(C(=C)C)CC=C6C(=O)OC(CC(C)(CC4=O)O5)C6O)(CC(=O)C1)O3)C2O. The molecule has 0 radical (unpaired) electrons. The van der Waals surface area contributed by atoms with Crippen LogP contribution >= 0.6 is 0 Å². The number of allylic oxidation sites excluding steroid dienone is 4. The smallest absolute Gasteiger partial charge is 0.336 e. The van der Waals surface area contributed by atoms with Gasteiger partial charge in [0.1, 0.15) is 36.0 Å². The predicted molar refractivity (Wildman–Crippen MR) is 175 cm³/mol. The van der Waals surface area contributed by atoms with Crippen molar-refractivity contribution in [1.82, 2.24) is 0 Å². The summed E-state index contributed by atoms with van der Waals surface area (Å²) < 4.78 is 24.6. The molecule has 50 heavy (non-hydrogen) atoms. The van der Waals surface area contributed by atoms with Crippen molar-refractivity contribution in [1.29, 1.82) is 0 Å². The fourth-order valence-corrected chi connectivity index (χ4v) is 8.84. The molecule has 0 saturated carbocycles. The molecule has 0 aromatic carbocycles. The lowest BCUT2D eigenvalue weighted by Crippen LogP contribution is -2.64. The summed E-state index contributed by atoms with van der Waals surface area (Å²) in [4.78, 5) is 83.4. The van der Waals surface area contributed by atoms with Gasteiger partial charge < -0.3 is 29.2 Å². The Kier molecular flexibility index (Phi) is 9.11. The lowest BCUT2D eigenvalue weighted by molar-refractivity contribution is -0.233. The fraction of sp³-hybridized carbons (Fsp3) is 0.632. The Morgan fingerprint density at radius 3 is 1.36 bits per heavy atom. The highest BCUT2D eigenvalue weighted by molar-refractivity contribution is 6.07. The molecule has 10 atom stereocenters. The fourth-order valence-electron chi connectivity index (χ4n) is 8.84. The van der Waals surface area contributed by atoms with Gasteiger partial charge in [-0.1, -0.05) is 36.5 Å². The van der Waals surface area contributed by atoms with Crippen molar-refractivity contribution in [2.75, 3.05) is 0 Å². The molecule has 8 bridgehead atoms. The average molecular weight is 695 g/mol. The number of carbonyl (C=O) groups excluding carboxylic acids is 6. The Labute approximate surface area is 290 Å². The first-order chi connectivity index (χ1) is 23.3. The lowest BCUT2D eigenvalue weighted by atomic mass is 9.69. The summed E-state index contributed by atoms with van der Waals surface area (Å²) >= 11 is 0. The molecule has 6 rings (SSSR count). The molecule has 10 unspecified atom stereocenters. The number of carbonyl (C=O) groups is 6. The second-order valence-electron chi connectivity index (χ2n) is 15.9. The molecule has 4 saturated heterocycles. The number of hydrogen-bond acceptors (Lipinski definition) is 12. The van der Waals surface area contributed by atoms with Crippen LogP contribution in [0.15, 0.2) is 47.6 Å². The van der Waals surface area contributed by atoms with Crippen molar-refractivity contribution in [2.45, 2.75) is 139 Å². The molecule has 270 valence electrons. The van der Waals surface area contributed by atoms with Crippen molar-refractivity contribution in [3.8, 4) is 0 Å². The molecule has 0 amide bonds. The van der Waals surface area contributed by atoms with E-state index in [9.17, 15) is 39.0 Å². The largest absolute Gasteiger partial charge is 0.456 e. The van der Waals surface area contributed by atoms with Gasteiger partial charge in [-0.3, -0.25) is 19.2 Å². The number of aliphatic hydroxyl groups excluding tert-OH is 2. The van der Waals surface area contributed by atoms with Crippen LogP contribution in [0, 0.1) is 11.8 Å². The highest BCUT2D eigenvalue weighted by Gasteiger charge is 2.73. The van der Waals surface area contributed by atoms with E-state index >= 15 is 0 Å². The summed E-state index contributed by atoms with van der Waals surface area (Å²) in [6.45, 7) is 14.7. The first-order valence-corrected chi connectivity index (χ1v) is 17.3. The second-order valence-corrected chi connectivity index (χ2v) is 15.9. The maximum Gasteiger partial charge on any atom is 0.336 e. The highest BCUT2D eigenvalue weighted by atomic mass is 16.6. The van der Waals surface area contributed by atoms with Crippen LogP contribution in [0.3, 0.4) is 0 Å². The Bertz CT molecular complexity index is 1530. The van der Waals surface area contributed by atoms with E-state index in [2.05, 4.69) is 13.2 Å². The molecule has 0 spiro atoms. The van der Waals surface area contributed by atoms with Crippen LogP contribution in [0.4, 0.5) is 0 Å². The minimum absolute atomic E-state index is 0.0520. The van der Waals surface area contributed by atoms with Crippen LogP contribution in [0.25, 0.3) is 0 Å². The van der Waals surface area contributed by atoms with E-state index in [1.54, 1.807) is 39.8 Å². The summed E-state index contributed by atoms with van der Waals surface area (Å²) in [5.74, 6) is -4.55. The van der Waals surface area contributed by atoms with Gasteiger partial charge in [-0.15, -0.1) is 0 Å². The molecular formula is C38H46O12. The van der Waals surface area contributed by atoms with E-state index in [4.69, 9.17) is 18.9 Å². The molecule has 0 aromatic heterocycles. The highest BCUT2D eigenvalue weighted by Crippen LogP contribution is 2.56. The zero-order valence-corrected chi connectivity index (χ0v) is 29.1. The van der Waals surface area contributed by atoms with Crippen LogP contribution in [-0.4, -0.2) is 92.1 Å². The number of hydrogen-bond donors (Lipinski definition) is 2. The molecule has 2 N–H and O–H groups in total. The standard InChI is InChI=1S/C38H46O12/c1-19(2)21-7-9-25-31(43)27(47-33(25)45)15-35(5)17-29(41)37(49-35,13-23(39)11-21)38-14-24(40)12-22(20(3)4)8-10-26-32(44)28(48-34(26)46)16-36(6,50-38)18-30(38)42/h9-10,21-22,27-28,31-32,43-44H,1,3,7-8,11-18H2,2,4-6H3. The molecule has 0 aromatic rings. The minimum atomic E-state index is -2.27. The van der Waals surface area contributed by atoms with Crippen molar-refractivity contribution in [3.05, 3.63) is 47.6 Å². The number of aliphatic hydroxyl groups is 2. The van der Waals surface area contributed by atoms with Crippen LogP contribution in [0.2, 0.25) is 0 Å². The number of ether oxygens (including phenoxy) is 4. The summed E-state index contributed by atoms with van der Waals surface area (Å²) in [7, 11) is 0. The normalized spacial score (nSPS) is 42.5. The van der Waals surface area contributed by atoms with Crippen LogP contribution in [0.1, 0.15) is 91.9 Å². The maximum atomic E-state index is 14.7. The van der Waals surface area contributed by atoms with Gasteiger partial charge in [0.25, 0.3) is 0 Å². The third kappa shape index (κ3) is 6.07. The molecule has 0 aliphatic carbocycles. The first-order valence-electron chi connectivity index (χ1n) is 17.3. The van der Waals surface area contributed by atoms with E-state index in [0.717, 1.165) is 0 Å². The van der Waals surface area contributed by atoms with Crippen molar-refractivity contribution >= 4 is 35.1 Å². The Morgan fingerprint density at radius 1 is 0.660 bits per heavy atom. The zero-order valence-electron chi connectivity index (χ0n) is 29.1.